The highest BCUT2D eigenvalue weighted by molar-refractivity contribution is 7.89. The lowest BCUT2D eigenvalue weighted by Gasteiger charge is -2.37. The number of hydrogen-bond donors (Lipinski definition) is 0. The Morgan fingerprint density at radius 1 is 1.04 bits per heavy atom. The Bertz CT molecular complexity index is 699. The van der Waals surface area contributed by atoms with Gasteiger partial charge in [0.15, 0.2) is 0 Å². The molecule has 0 bridgehead atoms. The lowest BCUT2D eigenvalue weighted by Crippen LogP contribution is -2.52. The third-order valence-electron chi connectivity index (χ3n) is 5.72. The number of piperidine rings is 1. The number of likely N-dealkylation sites (N-methyl/N-ethyl adjacent to an activating group) is 1. The summed E-state index contributed by atoms with van der Waals surface area (Å²) in [6.07, 6.45) is 8.44. The van der Waals surface area contributed by atoms with Crippen molar-refractivity contribution in [2.45, 2.75) is 62.3 Å². The van der Waals surface area contributed by atoms with Crippen LogP contribution in [-0.4, -0.2) is 49.7 Å². The molecule has 6 heteroatoms. The molecule has 5 nitrogen and oxygen atoms in total. The van der Waals surface area contributed by atoms with Crippen LogP contribution < -0.4 is 0 Å². The van der Waals surface area contributed by atoms with Crippen LogP contribution in [0.1, 0.15) is 51.4 Å². The van der Waals surface area contributed by atoms with E-state index in [4.69, 9.17) is 0 Å². The average molecular weight is 379 g/mol. The third kappa shape index (κ3) is 4.29. The molecule has 26 heavy (non-hydrogen) atoms. The minimum Gasteiger partial charge on any atom is -0.344 e. The average Bonchev–Trinajstić information content (AvgIpc) is 2.69. The van der Waals surface area contributed by atoms with Gasteiger partial charge in [-0.05, 0) is 43.7 Å². The zero-order valence-corrected chi connectivity index (χ0v) is 16.5. The van der Waals surface area contributed by atoms with Crippen LogP contribution >= 0.6 is 0 Å². The molecule has 1 saturated carbocycles. The number of rotatable bonds is 5. The molecule has 1 unspecified atom stereocenters. The van der Waals surface area contributed by atoms with Crippen molar-refractivity contribution < 1.29 is 13.2 Å². The molecule has 2 aliphatic rings. The predicted molar refractivity (Wildman–Crippen MR) is 102 cm³/mol. The van der Waals surface area contributed by atoms with E-state index < -0.39 is 16.1 Å². The highest BCUT2D eigenvalue weighted by Crippen LogP contribution is 2.28. The fourth-order valence-corrected chi connectivity index (χ4v) is 5.94. The maximum atomic E-state index is 13.1. The summed E-state index contributed by atoms with van der Waals surface area (Å²) in [7, 11) is -1.80. The van der Waals surface area contributed by atoms with E-state index in [2.05, 4.69) is 0 Å². The number of sulfonamides is 1. The highest BCUT2D eigenvalue weighted by atomic mass is 32.2. The summed E-state index contributed by atoms with van der Waals surface area (Å²) in [6, 6.07) is 7.90. The molecule has 1 heterocycles. The molecule has 0 aromatic heterocycles. The Hall–Kier alpha value is -1.40. The molecular formula is C20H30N2O3S. The molecule has 1 amide bonds. The van der Waals surface area contributed by atoms with Gasteiger partial charge in [0, 0.05) is 20.1 Å². The molecule has 1 saturated heterocycles. The van der Waals surface area contributed by atoms with E-state index in [0.29, 0.717) is 18.9 Å². The molecule has 144 valence electrons. The number of amides is 1. The van der Waals surface area contributed by atoms with E-state index in [1.807, 2.05) is 7.05 Å². The molecule has 0 N–H and O–H groups in total. The van der Waals surface area contributed by atoms with Gasteiger partial charge in [0.25, 0.3) is 0 Å². The number of carbonyl (C=O) groups is 1. The van der Waals surface area contributed by atoms with Gasteiger partial charge in [-0.25, -0.2) is 8.42 Å². The van der Waals surface area contributed by atoms with E-state index in [1.165, 1.54) is 36.4 Å². The van der Waals surface area contributed by atoms with Crippen LogP contribution in [0.5, 0.6) is 0 Å². The highest BCUT2D eigenvalue weighted by Gasteiger charge is 2.39. The SMILES string of the molecule is CN(CC1CCCCC1)C(=O)C1CCCCN1S(=O)(=O)c1ccccc1. The van der Waals surface area contributed by atoms with E-state index in [-0.39, 0.29) is 10.8 Å². The van der Waals surface area contributed by atoms with E-state index >= 15 is 0 Å². The van der Waals surface area contributed by atoms with Gasteiger partial charge in [0.1, 0.15) is 6.04 Å². The molecule has 1 aromatic carbocycles. The smallest absolute Gasteiger partial charge is 0.243 e. The van der Waals surface area contributed by atoms with E-state index in [1.54, 1.807) is 35.2 Å². The van der Waals surface area contributed by atoms with Crippen molar-refractivity contribution in [1.82, 2.24) is 9.21 Å². The number of carbonyl (C=O) groups excluding carboxylic acids is 1. The summed E-state index contributed by atoms with van der Waals surface area (Å²) in [5.74, 6) is 0.509. The van der Waals surface area contributed by atoms with Crippen LogP contribution in [0, 0.1) is 5.92 Å². The topological polar surface area (TPSA) is 57.7 Å². The molecule has 1 aliphatic heterocycles. The minimum absolute atomic E-state index is 0.0465. The number of nitrogens with zero attached hydrogens (tertiary/aromatic N) is 2. The molecule has 2 fully saturated rings. The van der Waals surface area contributed by atoms with Gasteiger partial charge in [-0.3, -0.25) is 4.79 Å². The Kier molecular flexibility index (Phi) is 6.35. The van der Waals surface area contributed by atoms with Crippen molar-refractivity contribution in [3.63, 3.8) is 0 Å². The first-order valence-corrected chi connectivity index (χ1v) is 11.3. The Labute approximate surface area is 157 Å². The first kappa shape index (κ1) is 19.4. The molecule has 1 aromatic rings. The van der Waals surface area contributed by atoms with Gasteiger partial charge in [0.05, 0.1) is 4.90 Å². The third-order valence-corrected chi connectivity index (χ3v) is 7.64. The van der Waals surface area contributed by atoms with Crippen molar-refractivity contribution in [3.8, 4) is 0 Å². The van der Waals surface area contributed by atoms with E-state index in [9.17, 15) is 13.2 Å². The summed E-state index contributed by atoms with van der Waals surface area (Å²) in [4.78, 5) is 15.1. The Morgan fingerprint density at radius 3 is 2.38 bits per heavy atom. The fraction of sp³-hybridized carbons (Fsp3) is 0.650. The van der Waals surface area contributed by atoms with Crippen molar-refractivity contribution >= 4 is 15.9 Å². The molecular weight excluding hydrogens is 348 g/mol. The van der Waals surface area contributed by atoms with Crippen LogP contribution in [0.25, 0.3) is 0 Å². The van der Waals surface area contributed by atoms with Crippen LogP contribution in [0.15, 0.2) is 35.2 Å². The van der Waals surface area contributed by atoms with Gasteiger partial charge >= 0.3 is 0 Å². The van der Waals surface area contributed by atoms with Crippen molar-refractivity contribution in [2.75, 3.05) is 20.1 Å². The van der Waals surface area contributed by atoms with Crippen LogP contribution in [-0.2, 0) is 14.8 Å². The maximum absolute atomic E-state index is 13.1. The number of hydrogen-bond acceptors (Lipinski definition) is 3. The summed E-state index contributed by atoms with van der Waals surface area (Å²) >= 11 is 0. The molecule has 3 rings (SSSR count). The first-order valence-electron chi connectivity index (χ1n) is 9.82. The van der Waals surface area contributed by atoms with Gasteiger partial charge in [-0.2, -0.15) is 4.31 Å². The second-order valence-electron chi connectivity index (χ2n) is 7.66. The zero-order chi connectivity index (χ0) is 18.6. The van der Waals surface area contributed by atoms with Crippen LogP contribution in [0.2, 0.25) is 0 Å². The summed E-state index contributed by atoms with van der Waals surface area (Å²) in [5.41, 5.74) is 0. The second kappa shape index (κ2) is 8.53. The number of benzene rings is 1. The van der Waals surface area contributed by atoms with E-state index in [0.717, 1.165) is 19.4 Å². The van der Waals surface area contributed by atoms with Gasteiger partial charge in [-0.15, -0.1) is 0 Å². The zero-order valence-electron chi connectivity index (χ0n) is 15.6. The maximum Gasteiger partial charge on any atom is 0.243 e. The van der Waals surface area contributed by atoms with Gasteiger partial charge in [-0.1, -0.05) is 43.9 Å². The predicted octanol–water partition coefficient (Wildman–Crippen LogP) is 3.27. The lowest BCUT2D eigenvalue weighted by molar-refractivity contribution is -0.135. The molecule has 1 atom stereocenters. The Balaban J connectivity index is 1.74. The lowest BCUT2D eigenvalue weighted by atomic mass is 9.89. The van der Waals surface area contributed by atoms with Crippen LogP contribution in [0.3, 0.4) is 0 Å². The summed E-state index contributed by atoms with van der Waals surface area (Å²) in [5, 5.41) is 0. The van der Waals surface area contributed by atoms with Crippen LogP contribution in [0.4, 0.5) is 0 Å². The standard InChI is InChI=1S/C20H30N2O3S/c1-21(16-17-10-4-2-5-11-17)20(23)19-14-8-9-15-22(19)26(24,25)18-12-6-3-7-13-18/h3,6-7,12-13,17,19H,2,4-5,8-11,14-16H2,1H3. The van der Waals surface area contributed by atoms with Crippen molar-refractivity contribution in [2.24, 2.45) is 5.92 Å². The normalized spacial score (nSPS) is 22.9. The first-order chi connectivity index (χ1) is 12.5. The van der Waals surface area contributed by atoms with Gasteiger partial charge in [0.2, 0.25) is 15.9 Å². The largest absolute Gasteiger partial charge is 0.344 e. The van der Waals surface area contributed by atoms with Gasteiger partial charge < -0.3 is 4.90 Å². The Morgan fingerprint density at radius 2 is 1.69 bits per heavy atom. The quantitative estimate of drug-likeness (QED) is 0.790. The summed E-state index contributed by atoms with van der Waals surface area (Å²) < 4.78 is 27.6. The molecule has 1 aliphatic carbocycles. The second-order valence-corrected chi connectivity index (χ2v) is 9.55. The molecule has 0 radical (unpaired) electrons. The fourth-order valence-electron chi connectivity index (χ4n) is 4.27. The van der Waals surface area contributed by atoms with Crippen molar-refractivity contribution in [3.05, 3.63) is 30.3 Å². The monoisotopic (exact) mass is 378 g/mol. The molecule has 0 spiro atoms. The summed E-state index contributed by atoms with van der Waals surface area (Å²) in [6.45, 7) is 1.17. The minimum atomic E-state index is -3.64. The van der Waals surface area contributed by atoms with Crippen molar-refractivity contribution in [1.29, 1.82) is 0 Å².